The van der Waals surface area contributed by atoms with Gasteiger partial charge in [-0.1, -0.05) is 38.8 Å². The van der Waals surface area contributed by atoms with E-state index < -0.39 is 0 Å². The maximum atomic E-state index is 9.35. The van der Waals surface area contributed by atoms with Gasteiger partial charge in [0.2, 0.25) is 11.8 Å². The Bertz CT molecular complexity index is 755. The van der Waals surface area contributed by atoms with Crippen molar-refractivity contribution in [2.24, 2.45) is 5.92 Å². The largest absolute Gasteiger partial charge is 0.478 e. The fraction of sp³-hybridized carbons (Fsp3) is 0.560. The second-order valence-corrected chi connectivity index (χ2v) is 8.07. The highest BCUT2D eigenvalue weighted by Gasteiger charge is 2.19. The van der Waals surface area contributed by atoms with Crippen LogP contribution >= 0.6 is 0 Å². The van der Waals surface area contributed by atoms with Gasteiger partial charge in [0.15, 0.2) is 0 Å². The molecule has 0 bridgehead atoms. The smallest absolute Gasteiger partial charge is 0.224 e. The van der Waals surface area contributed by atoms with E-state index in [1.807, 2.05) is 6.07 Å². The van der Waals surface area contributed by atoms with E-state index in [0.717, 1.165) is 62.7 Å². The van der Waals surface area contributed by atoms with Gasteiger partial charge in [-0.15, -0.1) is 0 Å². The Morgan fingerprint density at radius 2 is 1.60 bits per heavy atom. The number of unbranched alkanes of at least 4 members (excludes halogenated alkanes) is 2. The molecule has 0 aliphatic carbocycles. The van der Waals surface area contributed by atoms with Gasteiger partial charge in [-0.25, -0.2) is 0 Å². The average molecular weight is 413 g/mol. The first-order chi connectivity index (χ1) is 14.7. The third-order valence-electron chi connectivity index (χ3n) is 5.74. The normalized spacial score (nSPS) is 14.7. The maximum Gasteiger partial charge on any atom is 0.224 e. The number of aliphatic hydroxyl groups excluding tert-OH is 1. The van der Waals surface area contributed by atoms with Crippen molar-refractivity contribution in [3.05, 3.63) is 36.4 Å². The second kappa shape index (κ2) is 11.8. The Hall–Kier alpha value is -2.27. The molecule has 0 amide bonds. The Balaban J connectivity index is 1.74. The van der Waals surface area contributed by atoms with Gasteiger partial charge >= 0.3 is 0 Å². The number of pyridine rings is 1. The lowest BCUT2D eigenvalue weighted by Gasteiger charge is -2.33. The Morgan fingerprint density at radius 1 is 0.933 bits per heavy atom. The molecule has 1 saturated heterocycles. The van der Waals surface area contributed by atoms with Crippen molar-refractivity contribution < 1.29 is 14.6 Å². The van der Waals surface area contributed by atoms with E-state index in [2.05, 4.69) is 54.1 Å². The number of rotatable bonds is 11. The SMILES string of the molecule is CCCCOc1ccc(-c2ccc(N3CCC(CO)CC3)cc2)c(OCCCC)n1. The second-order valence-electron chi connectivity index (χ2n) is 8.07. The number of hydrogen-bond acceptors (Lipinski definition) is 5. The zero-order valence-corrected chi connectivity index (χ0v) is 18.5. The fourth-order valence-corrected chi connectivity index (χ4v) is 3.69. The van der Waals surface area contributed by atoms with Crippen LogP contribution in [0.15, 0.2) is 36.4 Å². The molecule has 2 heterocycles. The minimum Gasteiger partial charge on any atom is -0.478 e. The van der Waals surface area contributed by atoms with Crippen LogP contribution in [-0.2, 0) is 0 Å². The van der Waals surface area contributed by atoms with Crippen LogP contribution in [0.3, 0.4) is 0 Å². The molecule has 5 nitrogen and oxygen atoms in total. The summed E-state index contributed by atoms with van der Waals surface area (Å²) in [6.07, 6.45) is 6.32. The molecule has 0 spiro atoms. The Labute approximate surface area is 181 Å². The van der Waals surface area contributed by atoms with Crippen LogP contribution in [0.25, 0.3) is 11.1 Å². The molecular formula is C25H36N2O3. The minimum absolute atomic E-state index is 0.304. The van der Waals surface area contributed by atoms with Crippen LogP contribution in [0.5, 0.6) is 11.8 Å². The molecule has 1 N–H and O–H groups in total. The van der Waals surface area contributed by atoms with Gasteiger partial charge in [-0.2, -0.15) is 4.98 Å². The summed E-state index contributed by atoms with van der Waals surface area (Å²) in [6, 6.07) is 12.6. The summed E-state index contributed by atoms with van der Waals surface area (Å²) in [6.45, 7) is 7.95. The number of aromatic nitrogens is 1. The predicted octanol–water partition coefficient (Wildman–Crippen LogP) is 5.32. The van der Waals surface area contributed by atoms with Crippen molar-refractivity contribution in [1.29, 1.82) is 0 Å². The summed E-state index contributed by atoms with van der Waals surface area (Å²) in [5, 5.41) is 9.35. The van der Waals surface area contributed by atoms with E-state index in [1.54, 1.807) is 0 Å². The number of aliphatic hydroxyl groups is 1. The van der Waals surface area contributed by atoms with Crippen LogP contribution in [0.4, 0.5) is 5.69 Å². The number of nitrogens with zero attached hydrogens (tertiary/aromatic N) is 2. The summed E-state index contributed by atoms with van der Waals surface area (Å²) in [5.74, 6) is 1.73. The maximum absolute atomic E-state index is 9.35. The lowest BCUT2D eigenvalue weighted by Crippen LogP contribution is -2.34. The lowest BCUT2D eigenvalue weighted by atomic mass is 9.97. The third kappa shape index (κ3) is 6.11. The van der Waals surface area contributed by atoms with E-state index in [4.69, 9.17) is 9.47 Å². The first kappa shape index (κ1) is 22.4. The van der Waals surface area contributed by atoms with Crippen molar-refractivity contribution in [3.63, 3.8) is 0 Å². The molecule has 0 saturated carbocycles. The summed E-state index contributed by atoms with van der Waals surface area (Å²) in [7, 11) is 0. The molecule has 5 heteroatoms. The molecule has 1 aliphatic heterocycles. The molecular weight excluding hydrogens is 376 g/mol. The molecule has 1 aliphatic rings. The van der Waals surface area contributed by atoms with Crippen LogP contribution < -0.4 is 14.4 Å². The van der Waals surface area contributed by atoms with E-state index in [-0.39, 0.29) is 0 Å². The van der Waals surface area contributed by atoms with Crippen molar-refractivity contribution in [1.82, 2.24) is 4.98 Å². The van der Waals surface area contributed by atoms with Gasteiger partial charge in [0.25, 0.3) is 0 Å². The van der Waals surface area contributed by atoms with Crippen LogP contribution in [0.2, 0.25) is 0 Å². The molecule has 1 fully saturated rings. The predicted molar refractivity (Wildman–Crippen MR) is 123 cm³/mol. The van der Waals surface area contributed by atoms with E-state index in [1.165, 1.54) is 5.69 Å². The highest BCUT2D eigenvalue weighted by atomic mass is 16.5. The van der Waals surface area contributed by atoms with Gasteiger partial charge in [0.05, 0.1) is 13.2 Å². The Morgan fingerprint density at radius 3 is 2.23 bits per heavy atom. The highest BCUT2D eigenvalue weighted by molar-refractivity contribution is 5.71. The van der Waals surface area contributed by atoms with E-state index in [0.29, 0.717) is 37.5 Å². The van der Waals surface area contributed by atoms with Crippen molar-refractivity contribution in [2.45, 2.75) is 52.4 Å². The van der Waals surface area contributed by atoms with Gasteiger partial charge in [0, 0.05) is 37.0 Å². The fourth-order valence-electron chi connectivity index (χ4n) is 3.69. The zero-order valence-electron chi connectivity index (χ0n) is 18.5. The van der Waals surface area contributed by atoms with E-state index in [9.17, 15) is 5.11 Å². The van der Waals surface area contributed by atoms with Crippen LogP contribution in [0.1, 0.15) is 52.4 Å². The van der Waals surface area contributed by atoms with Crippen LogP contribution in [0, 0.1) is 5.92 Å². The van der Waals surface area contributed by atoms with Gasteiger partial charge in [-0.3, -0.25) is 0 Å². The number of benzene rings is 1. The van der Waals surface area contributed by atoms with Crippen molar-refractivity contribution in [3.8, 4) is 22.9 Å². The van der Waals surface area contributed by atoms with E-state index >= 15 is 0 Å². The molecule has 2 aromatic rings. The van der Waals surface area contributed by atoms with Gasteiger partial charge in [-0.05, 0) is 55.4 Å². The topological polar surface area (TPSA) is 54.8 Å². The van der Waals surface area contributed by atoms with Crippen LogP contribution in [-0.4, -0.2) is 43.0 Å². The lowest BCUT2D eigenvalue weighted by molar-refractivity contribution is 0.203. The summed E-state index contributed by atoms with van der Waals surface area (Å²) >= 11 is 0. The monoisotopic (exact) mass is 412 g/mol. The first-order valence-corrected chi connectivity index (χ1v) is 11.5. The molecule has 1 aromatic carbocycles. The molecule has 0 radical (unpaired) electrons. The molecule has 0 atom stereocenters. The molecule has 30 heavy (non-hydrogen) atoms. The van der Waals surface area contributed by atoms with Gasteiger partial charge < -0.3 is 19.5 Å². The van der Waals surface area contributed by atoms with Crippen molar-refractivity contribution in [2.75, 3.05) is 37.8 Å². The standard InChI is InChI=1S/C25H36N2O3/c1-3-5-17-29-24-12-11-23(25(26-24)30-18-6-4-2)21-7-9-22(10-8-21)27-15-13-20(19-28)14-16-27/h7-12,20,28H,3-6,13-19H2,1-2H3. The van der Waals surface area contributed by atoms with Gasteiger partial charge in [0.1, 0.15) is 0 Å². The third-order valence-corrected chi connectivity index (χ3v) is 5.74. The van der Waals surface area contributed by atoms with Crippen molar-refractivity contribution >= 4 is 5.69 Å². The number of hydrogen-bond donors (Lipinski definition) is 1. The zero-order chi connectivity index (χ0) is 21.2. The Kier molecular flexibility index (Phi) is 8.81. The first-order valence-electron chi connectivity index (χ1n) is 11.5. The number of piperidine rings is 1. The summed E-state index contributed by atoms with van der Waals surface area (Å²) in [5.41, 5.74) is 3.33. The molecule has 164 valence electrons. The average Bonchev–Trinajstić information content (AvgIpc) is 2.80. The number of anilines is 1. The highest BCUT2D eigenvalue weighted by Crippen LogP contribution is 2.33. The number of ether oxygens (including phenoxy) is 2. The summed E-state index contributed by atoms with van der Waals surface area (Å²) < 4.78 is 11.8. The quantitative estimate of drug-likeness (QED) is 0.507. The molecule has 1 aromatic heterocycles. The molecule has 3 rings (SSSR count). The minimum atomic E-state index is 0.304. The summed E-state index contributed by atoms with van der Waals surface area (Å²) in [4.78, 5) is 7.04. The molecule has 0 unspecified atom stereocenters.